The van der Waals surface area contributed by atoms with E-state index in [9.17, 15) is 9.59 Å². The van der Waals surface area contributed by atoms with Gasteiger partial charge in [-0.3, -0.25) is 9.59 Å². The summed E-state index contributed by atoms with van der Waals surface area (Å²) >= 11 is 5.47. The molecule has 0 saturated heterocycles. The smallest absolute Gasteiger partial charge is 0.322 e. The van der Waals surface area contributed by atoms with Gasteiger partial charge in [-0.25, -0.2) is 0 Å². The Morgan fingerprint density at radius 3 is 2.39 bits per heavy atom. The Bertz CT molecular complexity index is 439. The van der Waals surface area contributed by atoms with Gasteiger partial charge in [-0.15, -0.1) is 11.6 Å². The van der Waals surface area contributed by atoms with Crippen molar-refractivity contribution < 1.29 is 19.1 Å². The highest BCUT2D eigenvalue weighted by molar-refractivity contribution is 6.17. The zero-order chi connectivity index (χ0) is 17.5. The highest BCUT2D eigenvalue weighted by atomic mass is 35.5. The van der Waals surface area contributed by atoms with Crippen LogP contribution in [0.5, 0.6) is 0 Å². The molecule has 0 radical (unpaired) electrons. The van der Waals surface area contributed by atoms with E-state index in [1.165, 1.54) is 6.92 Å². The topological polar surface area (TPSA) is 64.6 Å². The van der Waals surface area contributed by atoms with Crippen LogP contribution in [0.1, 0.15) is 32.8 Å². The molecule has 0 spiro atoms. The molecule has 1 N–H and O–H groups in total. The van der Waals surface area contributed by atoms with Crippen LogP contribution in [0.25, 0.3) is 0 Å². The van der Waals surface area contributed by atoms with E-state index in [1.807, 2.05) is 30.3 Å². The number of hydrogen-bond acceptors (Lipinski definition) is 5. The molecular weight excluding hydrogens is 318 g/mol. The maximum atomic E-state index is 11.0. The van der Waals surface area contributed by atoms with E-state index in [1.54, 1.807) is 13.8 Å². The van der Waals surface area contributed by atoms with Gasteiger partial charge in [-0.2, -0.15) is 0 Å². The van der Waals surface area contributed by atoms with E-state index >= 15 is 0 Å². The van der Waals surface area contributed by atoms with Crippen molar-refractivity contribution in [1.29, 1.82) is 0 Å². The van der Waals surface area contributed by atoms with Crippen LogP contribution in [0, 0.1) is 0 Å². The first-order valence-corrected chi connectivity index (χ1v) is 8.18. The number of alkyl halides is 1. The summed E-state index contributed by atoms with van der Waals surface area (Å²) in [6.45, 7) is 6.54. The lowest BCUT2D eigenvalue weighted by Gasteiger charge is -2.11. The molecule has 0 bridgehead atoms. The lowest BCUT2D eigenvalue weighted by Crippen LogP contribution is -2.36. The third-order valence-electron chi connectivity index (χ3n) is 2.69. The summed E-state index contributed by atoms with van der Waals surface area (Å²) in [4.78, 5) is 21.4. The lowest BCUT2D eigenvalue weighted by atomic mass is 10.2. The van der Waals surface area contributed by atoms with Crippen LogP contribution in [0.2, 0.25) is 0 Å². The molecule has 130 valence electrons. The standard InChI is InChI=1S/C9H10O2.C8H16ClNO2/c1-8(10)11-7-9-5-3-2-4-6-9;1-3-12-8(11)7(2)10-6-4-5-9/h2-6H,7H2,1H3;7,10H,3-6H2,1-2H3/t;7-/m.1/s1. The van der Waals surface area contributed by atoms with E-state index in [-0.39, 0.29) is 18.0 Å². The van der Waals surface area contributed by atoms with Crippen molar-refractivity contribution in [2.75, 3.05) is 19.0 Å². The Labute approximate surface area is 143 Å². The summed E-state index contributed by atoms with van der Waals surface area (Å²) < 4.78 is 9.59. The molecule has 5 nitrogen and oxygen atoms in total. The summed E-state index contributed by atoms with van der Waals surface area (Å²) in [5.41, 5.74) is 1.02. The van der Waals surface area contributed by atoms with Crippen molar-refractivity contribution >= 4 is 23.5 Å². The molecule has 1 aromatic rings. The molecule has 0 aliphatic heterocycles. The molecule has 23 heavy (non-hydrogen) atoms. The fourth-order valence-corrected chi connectivity index (χ4v) is 1.63. The van der Waals surface area contributed by atoms with Crippen LogP contribution in [-0.4, -0.2) is 37.0 Å². The van der Waals surface area contributed by atoms with Crippen LogP contribution in [0.4, 0.5) is 0 Å². The van der Waals surface area contributed by atoms with E-state index < -0.39 is 0 Å². The van der Waals surface area contributed by atoms with E-state index in [0.717, 1.165) is 18.5 Å². The second kappa shape index (κ2) is 14.0. The maximum absolute atomic E-state index is 11.0. The first-order chi connectivity index (χ1) is 11.0. The molecule has 0 aliphatic rings. The summed E-state index contributed by atoms with van der Waals surface area (Å²) in [7, 11) is 0. The third-order valence-corrected chi connectivity index (χ3v) is 2.95. The van der Waals surface area contributed by atoms with E-state index in [0.29, 0.717) is 19.1 Å². The summed E-state index contributed by atoms with van der Waals surface area (Å²) in [6, 6.07) is 9.37. The number of carbonyl (C=O) groups excluding carboxylic acids is 2. The molecular formula is C17H26ClNO4. The lowest BCUT2D eigenvalue weighted by molar-refractivity contribution is -0.145. The third kappa shape index (κ3) is 12.6. The fraction of sp³-hybridized carbons (Fsp3) is 0.529. The minimum Gasteiger partial charge on any atom is -0.465 e. The second-order valence-corrected chi connectivity index (χ2v) is 5.11. The maximum Gasteiger partial charge on any atom is 0.322 e. The Morgan fingerprint density at radius 1 is 1.22 bits per heavy atom. The minimum absolute atomic E-state index is 0.202. The number of hydrogen-bond donors (Lipinski definition) is 1. The Morgan fingerprint density at radius 2 is 1.87 bits per heavy atom. The number of nitrogens with one attached hydrogen (secondary N) is 1. The average molecular weight is 344 g/mol. The van der Waals surface area contributed by atoms with Crippen LogP contribution in [0.3, 0.4) is 0 Å². The van der Waals surface area contributed by atoms with Gasteiger partial charge in [0.25, 0.3) is 0 Å². The summed E-state index contributed by atoms with van der Waals surface area (Å²) in [6.07, 6.45) is 0.866. The number of carbonyl (C=O) groups is 2. The second-order valence-electron chi connectivity index (χ2n) is 4.74. The zero-order valence-corrected chi connectivity index (χ0v) is 14.8. The molecule has 0 aliphatic carbocycles. The Hall–Kier alpha value is -1.59. The predicted octanol–water partition coefficient (Wildman–Crippen LogP) is 2.91. The molecule has 1 rings (SSSR count). The van der Waals surface area contributed by atoms with Crippen molar-refractivity contribution in [1.82, 2.24) is 5.32 Å². The molecule has 0 aromatic heterocycles. The molecule has 1 atom stereocenters. The number of halogens is 1. The van der Waals surface area contributed by atoms with Crippen molar-refractivity contribution in [3.05, 3.63) is 35.9 Å². The molecule has 1 aromatic carbocycles. The highest BCUT2D eigenvalue weighted by Crippen LogP contribution is 1.99. The van der Waals surface area contributed by atoms with Gasteiger partial charge in [0.15, 0.2) is 0 Å². The van der Waals surface area contributed by atoms with Gasteiger partial charge in [0.05, 0.1) is 6.61 Å². The molecule has 0 heterocycles. The van der Waals surface area contributed by atoms with Crippen molar-refractivity contribution in [3.63, 3.8) is 0 Å². The molecule has 6 heteroatoms. The van der Waals surface area contributed by atoms with E-state index in [2.05, 4.69) is 5.32 Å². The monoisotopic (exact) mass is 343 g/mol. The number of esters is 2. The van der Waals surface area contributed by atoms with Gasteiger partial charge in [0.2, 0.25) is 0 Å². The fourth-order valence-electron chi connectivity index (χ4n) is 1.50. The predicted molar refractivity (Wildman–Crippen MR) is 91.3 cm³/mol. The molecule has 0 fully saturated rings. The van der Waals surface area contributed by atoms with Crippen molar-refractivity contribution in [2.45, 2.75) is 39.8 Å². The zero-order valence-electron chi connectivity index (χ0n) is 14.0. The number of ether oxygens (including phenoxy) is 2. The number of benzene rings is 1. The minimum atomic E-state index is -0.242. The van der Waals surface area contributed by atoms with Crippen molar-refractivity contribution in [2.24, 2.45) is 0 Å². The first-order valence-electron chi connectivity index (χ1n) is 7.64. The largest absolute Gasteiger partial charge is 0.465 e. The van der Waals surface area contributed by atoms with Gasteiger partial charge >= 0.3 is 11.9 Å². The molecule has 0 saturated carbocycles. The summed E-state index contributed by atoms with van der Waals surface area (Å²) in [5.74, 6) is 0.170. The van der Waals surface area contributed by atoms with Crippen LogP contribution >= 0.6 is 11.6 Å². The van der Waals surface area contributed by atoms with Crippen LogP contribution in [-0.2, 0) is 25.7 Å². The number of rotatable bonds is 8. The Kier molecular flexibility index (Phi) is 13.1. The van der Waals surface area contributed by atoms with Gasteiger partial charge in [-0.1, -0.05) is 30.3 Å². The van der Waals surface area contributed by atoms with Gasteiger partial charge < -0.3 is 14.8 Å². The van der Waals surface area contributed by atoms with Gasteiger partial charge in [-0.05, 0) is 32.4 Å². The van der Waals surface area contributed by atoms with E-state index in [4.69, 9.17) is 21.1 Å². The van der Waals surface area contributed by atoms with Crippen LogP contribution in [0.15, 0.2) is 30.3 Å². The summed E-state index contributed by atoms with van der Waals surface area (Å²) in [5, 5.41) is 3.01. The average Bonchev–Trinajstić information content (AvgIpc) is 2.55. The van der Waals surface area contributed by atoms with Crippen molar-refractivity contribution in [3.8, 4) is 0 Å². The molecule has 0 unspecified atom stereocenters. The Balaban J connectivity index is 0.000000422. The SMILES string of the molecule is CC(=O)OCc1ccccc1.CCOC(=O)[C@@H](C)NCCCCl. The van der Waals surface area contributed by atoms with Crippen LogP contribution < -0.4 is 5.32 Å². The quantitative estimate of drug-likeness (QED) is 0.446. The first kappa shape index (κ1) is 21.4. The van der Waals surface area contributed by atoms with Gasteiger partial charge in [0.1, 0.15) is 12.6 Å². The highest BCUT2D eigenvalue weighted by Gasteiger charge is 2.11. The molecule has 0 amide bonds. The normalized spacial score (nSPS) is 11.0. The van der Waals surface area contributed by atoms with Gasteiger partial charge in [0, 0.05) is 12.8 Å².